The van der Waals surface area contributed by atoms with E-state index in [9.17, 15) is 18.0 Å². The number of anilines is 1. The van der Waals surface area contributed by atoms with Gasteiger partial charge in [-0.1, -0.05) is 11.6 Å². The largest absolute Gasteiger partial charge is 0.416 e. The molecule has 0 radical (unpaired) electrons. The summed E-state index contributed by atoms with van der Waals surface area (Å²) in [5.41, 5.74) is -0.583. The van der Waals surface area contributed by atoms with Gasteiger partial charge in [-0.3, -0.25) is 4.79 Å². The van der Waals surface area contributed by atoms with E-state index in [2.05, 4.69) is 0 Å². The Bertz CT molecular complexity index is 417. The lowest BCUT2D eigenvalue weighted by Crippen LogP contribution is -2.23. The molecule has 0 fully saturated rings. The summed E-state index contributed by atoms with van der Waals surface area (Å²) in [5, 5.41) is -0.104. The number of alkyl halides is 3. The molecule has 0 heterocycles. The van der Waals surface area contributed by atoms with E-state index >= 15 is 0 Å². The maximum atomic E-state index is 12.3. The van der Waals surface area contributed by atoms with Gasteiger partial charge in [-0.05, 0) is 18.2 Å². The molecule has 0 aliphatic rings. The molecule has 0 N–H and O–H groups in total. The van der Waals surface area contributed by atoms with E-state index in [4.69, 9.17) is 11.6 Å². The molecule has 1 rings (SSSR count). The van der Waals surface area contributed by atoms with Crippen LogP contribution in [0.2, 0.25) is 5.02 Å². The highest BCUT2D eigenvalue weighted by atomic mass is 35.5. The van der Waals surface area contributed by atoms with Crippen molar-refractivity contribution in [1.29, 1.82) is 0 Å². The predicted molar refractivity (Wildman–Crippen MR) is 55.5 cm³/mol. The van der Waals surface area contributed by atoms with E-state index in [0.717, 1.165) is 12.1 Å². The zero-order valence-corrected chi connectivity index (χ0v) is 9.36. The molecule has 1 aromatic rings. The standard InChI is InChI=1S/C10H9ClF3NO/c1-6(16)15(2)9-4-3-7(5-8(9)11)10(12,13)14/h3-5H,1-2H3. The van der Waals surface area contributed by atoms with Crippen molar-refractivity contribution in [1.82, 2.24) is 0 Å². The molecule has 2 nitrogen and oxygen atoms in total. The van der Waals surface area contributed by atoms with E-state index in [1.54, 1.807) is 0 Å². The first-order chi connectivity index (χ1) is 7.23. The van der Waals surface area contributed by atoms with Gasteiger partial charge in [0.15, 0.2) is 0 Å². The molecule has 0 aromatic heterocycles. The topological polar surface area (TPSA) is 20.3 Å². The van der Waals surface area contributed by atoms with Crippen LogP contribution in [0.3, 0.4) is 0 Å². The second kappa shape index (κ2) is 4.33. The molecule has 88 valence electrons. The summed E-state index contributed by atoms with van der Waals surface area (Å²) in [4.78, 5) is 12.2. The Morgan fingerprint density at radius 2 is 1.94 bits per heavy atom. The third-order valence-corrected chi connectivity index (χ3v) is 2.41. The van der Waals surface area contributed by atoms with Crippen molar-refractivity contribution in [2.45, 2.75) is 13.1 Å². The van der Waals surface area contributed by atoms with Gasteiger partial charge in [0.05, 0.1) is 16.3 Å². The van der Waals surface area contributed by atoms with Crippen LogP contribution in [0.1, 0.15) is 12.5 Å². The number of carbonyl (C=O) groups is 1. The van der Waals surface area contributed by atoms with Crippen molar-refractivity contribution >= 4 is 23.2 Å². The lowest BCUT2D eigenvalue weighted by molar-refractivity contribution is -0.137. The summed E-state index contributed by atoms with van der Waals surface area (Å²) in [6, 6.07) is 2.86. The van der Waals surface area contributed by atoms with E-state index < -0.39 is 11.7 Å². The van der Waals surface area contributed by atoms with Crippen molar-refractivity contribution in [3.8, 4) is 0 Å². The molecule has 6 heteroatoms. The number of halogens is 4. The maximum Gasteiger partial charge on any atom is 0.416 e. The van der Waals surface area contributed by atoms with E-state index in [1.165, 1.54) is 24.9 Å². The highest BCUT2D eigenvalue weighted by Gasteiger charge is 2.31. The molecule has 1 amide bonds. The van der Waals surface area contributed by atoms with Crippen LogP contribution >= 0.6 is 11.6 Å². The number of hydrogen-bond acceptors (Lipinski definition) is 1. The molecule has 0 aliphatic heterocycles. The van der Waals surface area contributed by atoms with Crippen LogP contribution in [0.4, 0.5) is 18.9 Å². The molecule has 1 aromatic carbocycles. The molecule has 16 heavy (non-hydrogen) atoms. The van der Waals surface area contributed by atoms with Crippen LogP contribution < -0.4 is 4.90 Å². The van der Waals surface area contributed by atoms with Gasteiger partial charge in [0.2, 0.25) is 5.91 Å². The van der Waals surface area contributed by atoms with E-state index in [-0.39, 0.29) is 16.6 Å². The quantitative estimate of drug-likeness (QED) is 0.750. The van der Waals surface area contributed by atoms with Gasteiger partial charge in [0, 0.05) is 14.0 Å². The van der Waals surface area contributed by atoms with Crippen molar-refractivity contribution in [3.05, 3.63) is 28.8 Å². The molecular weight excluding hydrogens is 243 g/mol. The van der Waals surface area contributed by atoms with Crippen LogP contribution in [0.5, 0.6) is 0 Å². The molecule has 0 atom stereocenters. The number of carbonyl (C=O) groups excluding carboxylic acids is 1. The second-order valence-corrected chi connectivity index (χ2v) is 3.65. The summed E-state index contributed by atoms with van der Waals surface area (Å²) in [5.74, 6) is -0.304. The first-order valence-electron chi connectivity index (χ1n) is 4.34. The monoisotopic (exact) mass is 251 g/mol. The average molecular weight is 252 g/mol. The van der Waals surface area contributed by atoms with Crippen LogP contribution in [0, 0.1) is 0 Å². The van der Waals surface area contributed by atoms with Crippen LogP contribution in [0.15, 0.2) is 18.2 Å². The first kappa shape index (κ1) is 12.8. The lowest BCUT2D eigenvalue weighted by atomic mass is 10.2. The van der Waals surface area contributed by atoms with Crippen molar-refractivity contribution < 1.29 is 18.0 Å². The van der Waals surface area contributed by atoms with Crippen LogP contribution in [0.25, 0.3) is 0 Å². The fourth-order valence-corrected chi connectivity index (χ4v) is 1.43. The lowest BCUT2D eigenvalue weighted by Gasteiger charge is -2.17. The van der Waals surface area contributed by atoms with Crippen LogP contribution in [-0.4, -0.2) is 13.0 Å². The van der Waals surface area contributed by atoms with Gasteiger partial charge in [0.1, 0.15) is 0 Å². The Balaban J connectivity index is 3.15. The maximum absolute atomic E-state index is 12.3. The summed E-state index contributed by atoms with van der Waals surface area (Å²) in [6.45, 7) is 1.30. The van der Waals surface area contributed by atoms with Crippen molar-refractivity contribution in [2.24, 2.45) is 0 Å². The van der Waals surface area contributed by atoms with E-state index in [1.807, 2.05) is 0 Å². The van der Waals surface area contributed by atoms with Crippen LogP contribution in [-0.2, 0) is 11.0 Å². The minimum absolute atomic E-state index is 0.104. The van der Waals surface area contributed by atoms with Gasteiger partial charge in [0.25, 0.3) is 0 Å². The SMILES string of the molecule is CC(=O)N(C)c1ccc(C(F)(F)F)cc1Cl. The van der Waals surface area contributed by atoms with Gasteiger partial charge in [-0.25, -0.2) is 0 Å². The zero-order valence-electron chi connectivity index (χ0n) is 8.60. The third-order valence-electron chi connectivity index (χ3n) is 2.11. The number of rotatable bonds is 1. The molecule has 0 unspecified atom stereocenters. The molecule has 0 aliphatic carbocycles. The summed E-state index contributed by atoms with van der Waals surface area (Å²) >= 11 is 5.68. The van der Waals surface area contributed by atoms with Crippen molar-refractivity contribution in [2.75, 3.05) is 11.9 Å². The van der Waals surface area contributed by atoms with Gasteiger partial charge in [-0.2, -0.15) is 13.2 Å². The molecule has 0 saturated heterocycles. The molecular formula is C10H9ClF3NO. The normalized spacial score (nSPS) is 11.4. The van der Waals surface area contributed by atoms with E-state index in [0.29, 0.717) is 0 Å². The average Bonchev–Trinajstić information content (AvgIpc) is 2.15. The molecule has 0 saturated carbocycles. The second-order valence-electron chi connectivity index (χ2n) is 3.24. The number of benzene rings is 1. The Morgan fingerprint density at radius 1 is 1.38 bits per heavy atom. The summed E-state index contributed by atoms with van der Waals surface area (Å²) in [6.07, 6.45) is -4.43. The fourth-order valence-electron chi connectivity index (χ4n) is 1.12. The smallest absolute Gasteiger partial charge is 0.314 e. The summed E-state index contributed by atoms with van der Waals surface area (Å²) < 4.78 is 37.0. The van der Waals surface area contributed by atoms with Crippen molar-refractivity contribution in [3.63, 3.8) is 0 Å². The third kappa shape index (κ3) is 2.66. The Labute approximate surface area is 95.6 Å². The first-order valence-corrected chi connectivity index (χ1v) is 4.72. The van der Waals surface area contributed by atoms with Gasteiger partial charge < -0.3 is 4.90 Å². The minimum atomic E-state index is -4.43. The zero-order chi connectivity index (χ0) is 12.5. The Morgan fingerprint density at radius 3 is 2.31 bits per heavy atom. The highest BCUT2D eigenvalue weighted by molar-refractivity contribution is 6.33. The number of amides is 1. The van der Waals surface area contributed by atoms with Gasteiger partial charge >= 0.3 is 6.18 Å². The minimum Gasteiger partial charge on any atom is -0.314 e. The predicted octanol–water partition coefficient (Wildman–Crippen LogP) is 3.34. The molecule has 0 bridgehead atoms. The summed E-state index contributed by atoms with van der Waals surface area (Å²) in [7, 11) is 1.44. The number of hydrogen-bond donors (Lipinski definition) is 0. The van der Waals surface area contributed by atoms with Gasteiger partial charge in [-0.15, -0.1) is 0 Å². The Hall–Kier alpha value is -1.23. The fraction of sp³-hybridized carbons (Fsp3) is 0.300. The molecule has 0 spiro atoms. The number of nitrogens with zero attached hydrogens (tertiary/aromatic N) is 1. The Kier molecular flexibility index (Phi) is 3.48. The highest BCUT2D eigenvalue weighted by Crippen LogP contribution is 2.34.